The lowest BCUT2D eigenvalue weighted by Crippen LogP contribution is -2.05. The van der Waals surface area contributed by atoms with Gasteiger partial charge < -0.3 is 10.7 Å². The number of hydrogen-bond donors (Lipinski definition) is 2. The minimum absolute atomic E-state index is 0.00252. The Morgan fingerprint density at radius 1 is 1.04 bits per heavy atom. The van der Waals surface area contributed by atoms with Gasteiger partial charge in [0.1, 0.15) is 0 Å². The van der Waals surface area contributed by atoms with E-state index in [4.69, 9.17) is 28.9 Å². The van der Waals surface area contributed by atoms with Crippen molar-refractivity contribution >= 4 is 34.1 Å². The van der Waals surface area contributed by atoms with Gasteiger partial charge in [0, 0.05) is 16.1 Å². The highest BCUT2D eigenvalue weighted by molar-refractivity contribution is 6.36. The fourth-order valence-corrected chi connectivity index (χ4v) is 3.61. The molecule has 2 aromatic carbocycles. The maximum atomic E-state index is 13.5. The third-order valence-electron chi connectivity index (χ3n) is 4.31. The van der Waals surface area contributed by atoms with E-state index >= 15 is 0 Å². The van der Waals surface area contributed by atoms with E-state index in [1.807, 2.05) is 6.07 Å². The third kappa shape index (κ3) is 3.70. The van der Waals surface area contributed by atoms with E-state index in [2.05, 4.69) is 4.98 Å². The number of benzene rings is 2. The Bertz CT molecular complexity index is 932. The van der Waals surface area contributed by atoms with Gasteiger partial charge in [-0.2, -0.15) is 13.2 Å². The van der Waals surface area contributed by atoms with Crippen molar-refractivity contribution in [1.82, 2.24) is 4.98 Å². The predicted octanol–water partition coefficient (Wildman–Crippen LogP) is 6.44. The number of rotatable bonds is 5. The molecule has 138 valence electrons. The fourth-order valence-electron chi connectivity index (χ4n) is 3.15. The minimum atomic E-state index is -4.48. The molecule has 26 heavy (non-hydrogen) atoms. The summed E-state index contributed by atoms with van der Waals surface area (Å²) in [5.41, 5.74) is 6.92. The van der Waals surface area contributed by atoms with Crippen molar-refractivity contribution in [2.24, 2.45) is 5.73 Å². The number of aromatic nitrogens is 1. The van der Waals surface area contributed by atoms with Crippen LogP contribution in [0.4, 0.5) is 13.2 Å². The van der Waals surface area contributed by atoms with Crippen molar-refractivity contribution in [2.75, 3.05) is 6.54 Å². The van der Waals surface area contributed by atoms with Crippen LogP contribution in [0.15, 0.2) is 36.4 Å². The van der Waals surface area contributed by atoms with Gasteiger partial charge in [0.25, 0.3) is 0 Å². The normalized spacial score (nSPS) is 12.1. The number of unbranched alkanes of at least 4 members (excludes halogenated alkanes) is 1. The Hall–Kier alpha value is -1.69. The average molecular weight is 401 g/mol. The number of H-pyrrole nitrogens is 1. The molecule has 0 amide bonds. The summed E-state index contributed by atoms with van der Waals surface area (Å²) in [6, 6.07) is 9.32. The number of aromatic amines is 1. The fraction of sp³-hybridized carbons (Fsp3) is 0.263. The average Bonchev–Trinajstić information content (AvgIpc) is 2.94. The summed E-state index contributed by atoms with van der Waals surface area (Å²) < 4.78 is 40.4. The quantitative estimate of drug-likeness (QED) is 0.475. The molecule has 0 unspecified atom stereocenters. The molecule has 0 aliphatic carbocycles. The molecule has 2 nitrogen and oxygen atoms in total. The van der Waals surface area contributed by atoms with Gasteiger partial charge in [0.05, 0.1) is 16.1 Å². The van der Waals surface area contributed by atoms with Crippen molar-refractivity contribution in [2.45, 2.75) is 25.4 Å². The predicted molar refractivity (Wildman–Crippen MR) is 101 cm³/mol. The zero-order valence-corrected chi connectivity index (χ0v) is 15.3. The third-order valence-corrected chi connectivity index (χ3v) is 4.86. The van der Waals surface area contributed by atoms with E-state index in [-0.39, 0.29) is 5.52 Å². The maximum Gasteiger partial charge on any atom is 0.418 e. The van der Waals surface area contributed by atoms with Crippen LogP contribution in [0.5, 0.6) is 0 Å². The first-order chi connectivity index (χ1) is 12.3. The van der Waals surface area contributed by atoms with Crippen molar-refractivity contribution < 1.29 is 13.2 Å². The second-order valence-corrected chi connectivity index (χ2v) is 6.92. The smallest absolute Gasteiger partial charge is 0.354 e. The Kier molecular flexibility index (Phi) is 5.51. The van der Waals surface area contributed by atoms with Crippen LogP contribution in [0.1, 0.15) is 24.0 Å². The number of alkyl halides is 3. The molecule has 0 saturated carbocycles. The summed E-state index contributed by atoms with van der Waals surface area (Å²) in [6.07, 6.45) is -2.38. The molecular weight excluding hydrogens is 384 g/mol. The van der Waals surface area contributed by atoms with Crippen LogP contribution in [0, 0.1) is 0 Å². The number of fused-ring (bicyclic) bond motifs is 1. The molecular formula is C19H17Cl2F3N2. The van der Waals surface area contributed by atoms with Gasteiger partial charge >= 0.3 is 6.18 Å². The molecule has 1 aromatic heterocycles. The number of hydrogen-bond acceptors (Lipinski definition) is 1. The van der Waals surface area contributed by atoms with Crippen LogP contribution in [0.25, 0.3) is 22.2 Å². The molecule has 1 heterocycles. The lowest BCUT2D eigenvalue weighted by Gasteiger charge is -2.09. The lowest BCUT2D eigenvalue weighted by atomic mass is 9.99. The molecule has 0 saturated heterocycles. The standard InChI is InChI=1S/C19H17Cl2F3N2/c20-12-5-3-4-11(10-12)17-13(6-1-2-9-25)16-15(21)8-7-14(18(16)26-17)19(22,23)24/h3-5,7-8,10,26H,1-2,6,9,25H2. The molecule has 0 aliphatic rings. The summed E-state index contributed by atoms with van der Waals surface area (Å²) >= 11 is 12.4. The van der Waals surface area contributed by atoms with Crippen LogP contribution in [-0.4, -0.2) is 11.5 Å². The number of aryl methyl sites for hydroxylation is 1. The van der Waals surface area contributed by atoms with Gasteiger partial charge in [0.15, 0.2) is 0 Å². The van der Waals surface area contributed by atoms with E-state index in [1.165, 1.54) is 6.07 Å². The second kappa shape index (κ2) is 7.51. The molecule has 0 bridgehead atoms. The second-order valence-electron chi connectivity index (χ2n) is 6.08. The Morgan fingerprint density at radius 2 is 1.81 bits per heavy atom. The summed E-state index contributed by atoms with van der Waals surface area (Å²) in [5.74, 6) is 0. The van der Waals surface area contributed by atoms with E-state index in [9.17, 15) is 13.2 Å². The Labute approximate surface area is 159 Å². The number of nitrogens with two attached hydrogens (primary N) is 1. The van der Waals surface area contributed by atoms with E-state index in [1.54, 1.807) is 18.2 Å². The molecule has 0 aliphatic heterocycles. The molecule has 0 radical (unpaired) electrons. The summed E-state index contributed by atoms with van der Waals surface area (Å²) in [4.78, 5) is 2.96. The largest absolute Gasteiger partial charge is 0.418 e. The lowest BCUT2D eigenvalue weighted by molar-refractivity contribution is -0.136. The first kappa shape index (κ1) is 19.1. The SMILES string of the molecule is NCCCCc1c(-c2cccc(Cl)c2)[nH]c2c(C(F)(F)F)ccc(Cl)c12. The zero-order chi connectivity index (χ0) is 18.9. The molecule has 7 heteroatoms. The van der Waals surface area contributed by atoms with Crippen molar-refractivity contribution in [3.63, 3.8) is 0 Å². The van der Waals surface area contributed by atoms with Crippen LogP contribution in [-0.2, 0) is 12.6 Å². The first-order valence-corrected chi connectivity index (χ1v) is 8.94. The van der Waals surface area contributed by atoms with Crippen LogP contribution >= 0.6 is 23.2 Å². The van der Waals surface area contributed by atoms with Crippen LogP contribution in [0.3, 0.4) is 0 Å². The molecule has 0 atom stereocenters. The molecule has 3 N–H and O–H groups in total. The van der Waals surface area contributed by atoms with E-state index in [0.29, 0.717) is 34.1 Å². The summed E-state index contributed by atoms with van der Waals surface area (Å²) in [6.45, 7) is 0.524. The summed E-state index contributed by atoms with van der Waals surface area (Å²) in [5, 5.41) is 1.21. The van der Waals surface area contributed by atoms with Crippen molar-refractivity contribution in [3.8, 4) is 11.3 Å². The highest BCUT2D eigenvalue weighted by atomic mass is 35.5. The number of nitrogens with one attached hydrogen (secondary N) is 1. The van der Waals surface area contributed by atoms with Gasteiger partial charge in [0.2, 0.25) is 0 Å². The summed E-state index contributed by atoms with van der Waals surface area (Å²) in [7, 11) is 0. The van der Waals surface area contributed by atoms with E-state index < -0.39 is 11.7 Å². The van der Waals surface area contributed by atoms with Crippen LogP contribution in [0.2, 0.25) is 10.0 Å². The van der Waals surface area contributed by atoms with E-state index in [0.717, 1.165) is 30.0 Å². The van der Waals surface area contributed by atoms with Crippen molar-refractivity contribution in [3.05, 3.63) is 57.6 Å². The highest BCUT2D eigenvalue weighted by Gasteiger charge is 2.34. The zero-order valence-electron chi connectivity index (χ0n) is 13.8. The Balaban J connectivity index is 2.28. The van der Waals surface area contributed by atoms with Gasteiger partial charge in [-0.1, -0.05) is 35.3 Å². The Morgan fingerprint density at radius 3 is 2.46 bits per heavy atom. The van der Waals surface area contributed by atoms with Crippen molar-refractivity contribution in [1.29, 1.82) is 0 Å². The van der Waals surface area contributed by atoms with Gasteiger partial charge in [-0.15, -0.1) is 0 Å². The molecule has 0 spiro atoms. The van der Waals surface area contributed by atoms with Crippen LogP contribution < -0.4 is 5.73 Å². The minimum Gasteiger partial charge on any atom is -0.354 e. The highest BCUT2D eigenvalue weighted by Crippen LogP contribution is 2.42. The van der Waals surface area contributed by atoms with Gasteiger partial charge in [-0.05, 0) is 61.2 Å². The maximum absolute atomic E-state index is 13.5. The first-order valence-electron chi connectivity index (χ1n) is 8.19. The molecule has 3 aromatic rings. The van der Waals surface area contributed by atoms with Gasteiger partial charge in [-0.25, -0.2) is 0 Å². The monoisotopic (exact) mass is 400 g/mol. The molecule has 0 fully saturated rings. The topological polar surface area (TPSA) is 41.8 Å². The van der Waals surface area contributed by atoms with Gasteiger partial charge in [-0.3, -0.25) is 0 Å². The number of halogens is 5. The molecule has 3 rings (SSSR count).